The number of morpholine rings is 1. The van der Waals surface area contributed by atoms with Crippen molar-refractivity contribution in [2.24, 2.45) is 0 Å². The second kappa shape index (κ2) is 10.3. The maximum absolute atomic E-state index is 12.5. The van der Waals surface area contributed by atoms with E-state index in [2.05, 4.69) is 24.6 Å². The van der Waals surface area contributed by atoms with Crippen molar-refractivity contribution in [1.82, 2.24) is 24.6 Å². The van der Waals surface area contributed by atoms with Crippen LogP contribution in [0.25, 0.3) is 33.1 Å². The molecular weight excluding hydrogens is 486 g/mol. The average Bonchev–Trinajstić information content (AvgIpc) is 3.30. The minimum Gasteiger partial charge on any atom is -0.493 e. The second-order valence-electron chi connectivity index (χ2n) is 8.24. The number of H-pyrrole nitrogens is 1. The number of fused-ring (bicyclic) bond motifs is 2. The fourth-order valence-corrected chi connectivity index (χ4v) is 5.01. The summed E-state index contributed by atoms with van der Waals surface area (Å²) in [6, 6.07) is 8.67. The number of methoxy groups -OCH3 is 2. The zero-order valence-electron chi connectivity index (χ0n) is 20.0. The van der Waals surface area contributed by atoms with E-state index in [-0.39, 0.29) is 12.3 Å². The molecule has 1 fully saturated rings. The predicted molar refractivity (Wildman–Crippen MR) is 135 cm³/mol. The van der Waals surface area contributed by atoms with Gasteiger partial charge in [-0.15, -0.1) is 0 Å². The largest absolute Gasteiger partial charge is 0.493 e. The number of ether oxygens (including phenoxy) is 3. The molecule has 0 saturated carbocycles. The highest BCUT2D eigenvalue weighted by Crippen LogP contribution is 2.38. The molecule has 3 heterocycles. The maximum atomic E-state index is 12.5. The molecule has 0 atom stereocenters. The van der Waals surface area contributed by atoms with E-state index in [0.717, 1.165) is 34.9 Å². The van der Waals surface area contributed by atoms with Gasteiger partial charge in [-0.05, 0) is 24.3 Å². The van der Waals surface area contributed by atoms with E-state index in [1.54, 1.807) is 38.5 Å². The number of benzene rings is 2. The van der Waals surface area contributed by atoms with Gasteiger partial charge in [0.25, 0.3) is 0 Å². The van der Waals surface area contributed by atoms with Crippen molar-refractivity contribution in [3.05, 3.63) is 42.9 Å². The molecular formula is C24H27N5O6S. The Morgan fingerprint density at radius 2 is 1.83 bits per heavy atom. The Balaban J connectivity index is 1.41. The Morgan fingerprint density at radius 3 is 2.61 bits per heavy atom. The van der Waals surface area contributed by atoms with Crippen LogP contribution in [-0.2, 0) is 15.0 Å². The highest BCUT2D eigenvalue weighted by Gasteiger charge is 2.18. The van der Waals surface area contributed by atoms with Crippen LogP contribution >= 0.6 is 0 Å². The summed E-state index contributed by atoms with van der Waals surface area (Å²) in [5.41, 5.74) is 2.93. The molecule has 4 aromatic rings. The summed E-state index contributed by atoms with van der Waals surface area (Å²) in [5.74, 6) is 1.31. The SMILES string of the molecule is COc1cc2ncnc(-c3c[nH]c4ccc(OS(=O)(=O)NCCN5CCOCC5)cc34)c2cc1OC. The summed E-state index contributed by atoms with van der Waals surface area (Å²) in [4.78, 5) is 14.2. The molecule has 0 radical (unpaired) electrons. The lowest BCUT2D eigenvalue weighted by atomic mass is 10.0. The molecule has 0 unspecified atom stereocenters. The highest BCUT2D eigenvalue weighted by atomic mass is 32.2. The number of aromatic nitrogens is 3. The monoisotopic (exact) mass is 513 g/mol. The minimum absolute atomic E-state index is 0.194. The van der Waals surface area contributed by atoms with E-state index in [4.69, 9.17) is 18.4 Å². The average molecular weight is 514 g/mol. The number of rotatable bonds is 9. The predicted octanol–water partition coefficient (Wildman–Crippen LogP) is 2.34. The van der Waals surface area contributed by atoms with Gasteiger partial charge in [0.2, 0.25) is 0 Å². The van der Waals surface area contributed by atoms with Crippen molar-refractivity contribution in [3.63, 3.8) is 0 Å². The van der Waals surface area contributed by atoms with Crippen LogP contribution in [0.15, 0.2) is 42.9 Å². The van der Waals surface area contributed by atoms with E-state index in [1.165, 1.54) is 6.33 Å². The molecule has 2 aromatic heterocycles. The van der Waals surface area contributed by atoms with E-state index in [1.807, 2.05) is 12.3 Å². The molecule has 1 saturated heterocycles. The quantitative estimate of drug-likeness (QED) is 0.347. The first kappa shape index (κ1) is 24.3. The zero-order chi connectivity index (χ0) is 25.1. The number of hydrogen-bond donors (Lipinski definition) is 2. The van der Waals surface area contributed by atoms with Crippen molar-refractivity contribution in [2.75, 3.05) is 53.6 Å². The molecule has 2 N–H and O–H groups in total. The third-order valence-corrected chi connectivity index (χ3v) is 7.04. The molecule has 1 aliphatic heterocycles. The van der Waals surface area contributed by atoms with Gasteiger partial charge in [0, 0.05) is 60.3 Å². The summed E-state index contributed by atoms with van der Waals surface area (Å²) >= 11 is 0. The standard InChI is InChI=1S/C24H27N5O6S/c1-32-22-12-18-21(13-23(22)33-2)26-15-27-24(18)19-14-25-20-4-3-16(11-17(19)20)35-36(30,31)28-5-6-29-7-9-34-10-8-29/h3-4,11-15,25,28H,5-10H2,1-2H3. The van der Waals surface area contributed by atoms with Crippen molar-refractivity contribution in [1.29, 1.82) is 0 Å². The van der Waals surface area contributed by atoms with Crippen LogP contribution in [-0.4, -0.2) is 81.9 Å². The van der Waals surface area contributed by atoms with E-state index >= 15 is 0 Å². The van der Waals surface area contributed by atoms with Gasteiger partial charge >= 0.3 is 10.3 Å². The Bertz CT molecular complexity index is 1480. The Labute approximate surface area is 208 Å². The lowest BCUT2D eigenvalue weighted by Gasteiger charge is -2.26. The molecule has 11 nitrogen and oxygen atoms in total. The third kappa shape index (κ3) is 5.07. The molecule has 0 aliphatic carbocycles. The molecule has 36 heavy (non-hydrogen) atoms. The van der Waals surface area contributed by atoms with E-state index < -0.39 is 10.3 Å². The van der Waals surface area contributed by atoms with E-state index in [0.29, 0.717) is 42.5 Å². The van der Waals surface area contributed by atoms with Gasteiger partial charge in [0.1, 0.15) is 12.1 Å². The molecule has 0 spiro atoms. The molecule has 0 bridgehead atoms. The van der Waals surface area contributed by atoms with Crippen LogP contribution in [0.4, 0.5) is 0 Å². The number of hydrogen-bond acceptors (Lipinski definition) is 9. The van der Waals surface area contributed by atoms with Gasteiger partial charge in [-0.1, -0.05) is 0 Å². The first-order valence-corrected chi connectivity index (χ1v) is 12.9. The third-order valence-electron chi connectivity index (χ3n) is 6.07. The van der Waals surface area contributed by atoms with Crippen LogP contribution in [0.1, 0.15) is 0 Å². The normalized spacial score (nSPS) is 14.8. The summed E-state index contributed by atoms with van der Waals surface area (Å²) in [6.07, 6.45) is 3.30. The Kier molecular flexibility index (Phi) is 6.92. The number of nitrogens with one attached hydrogen (secondary N) is 2. The van der Waals surface area contributed by atoms with Crippen LogP contribution in [0.3, 0.4) is 0 Å². The first-order chi connectivity index (χ1) is 17.5. The topological polar surface area (TPSA) is 128 Å². The lowest BCUT2D eigenvalue weighted by Crippen LogP contribution is -2.42. The van der Waals surface area contributed by atoms with Gasteiger partial charge in [-0.25, -0.2) is 9.97 Å². The summed E-state index contributed by atoms with van der Waals surface area (Å²) in [6.45, 7) is 3.71. The second-order valence-corrected chi connectivity index (χ2v) is 9.61. The van der Waals surface area contributed by atoms with Crippen molar-refractivity contribution >= 4 is 32.1 Å². The molecule has 0 amide bonds. The van der Waals surface area contributed by atoms with E-state index in [9.17, 15) is 8.42 Å². The smallest absolute Gasteiger partial charge is 0.382 e. The Morgan fingerprint density at radius 1 is 1.06 bits per heavy atom. The molecule has 2 aromatic carbocycles. The van der Waals surface area contributed by atoms with Crippen molar-refractivity contribution in [2.45, 2.75) is 0 Å². The molecule has 190 valence electrons. The van der Waals surface area contributed by atoms with Gasteiger partial charge in [-0.2, -0.15) is 13.1 Å². The molecule has 1 aliphatic rings. The molecule has 5 rings (SSSR count). The van der Waals surface area contributed by atoms with Gasteiger partial charge in [0.05, 0.1) is 38.6 Å². The first-order valence-electron chi connectivity index (χ1n) is 11.4. The van der Waals surface area contributed by atoms with Crippen molar-refractivity contribution < 1.29 is 26.8 Å². The van der Waals surface area contributed by atoms with Crippen LogP contribution < -0.4 is 18.4 Å². The Hall–Kier alpha value is -3.45. The summed E-state index contributed by atoms with van der Waals surface area (Å²) in [7, 11) is -0.855. The number of nitrogens with zero attached hydrogens (tertiary/aromatic N) is 3. The van der Waals surface area contributed by atoms with Gasteiger partial charge in [-0.3, -0.25) is 4.90 Å². The number of aromatic amines is 1. The van der Waals surface area contributed by atoms with Crippen molar-refractivity contribution in [3.8, 4) is 28.5 Å². The van der Waals surface area contributed by atoms with Crippen LogP contribution in [0.5, 0.6) is 17.2 Å². The summed E-state index contributed by atoms with van der Waals surface area (Å²) in [5, 5.41) is 1.52. The lowest BCUT2D eigenvalue weighted by molar-refractivity contribution is 0.0390. The van der Waals surface area contributed by atoms with Crippen LogP contribution in [0, 0.1) is 0 Å². The zero-order valence-corrected chi connectivity index (χ0v) is 20.8. The fraction of sp³-hybridized carbons (Fsp3) is 0.333. The fourth-order valence-electron chi connectivity index (χ4n) is 4.25. The highest BCUT2D eigenvalue weighted by molar-refractivity contribution is 7.85. The van der Waals surface area contributed by atoms with Gasteiger partial charge < -0.3 is 23.4 Å². The maximum Gasteiger partial charge on any atom is 0.382 e. The summed E-state index contributed by atoms with van der Waals surface area (Å²) < 4.78 is 49.1. The van der Waals surface area contributed by atoms with Gasteiger partial charge in [0.15, 0.2) is 11.5 Å². The minimum atomic E-state index is -3.99. The molecule has 12 heteroatoms. The van der Waals surface area contributed by atoms with Crippen LogP contribution in [0.2, 0.25) is 0 Å².